The summed E-state index contributed by atoms with van der Waals surface area (Å²) in [6.07, 6.45) is 5.23. The molecule has 0 aliphatic heterocycles. The lowest BCUT2D eigenvalue weighted by Gasteiger charge is -2.27. The van der Waals surface area contributed by atoms with Gasteiger partial charge in [-0.25, -0.2) is 0 Å². The SMILES string of the molecule is C=CCC(N)C(=O)NC1CCCC(O)C1. The van der Waals surface area contributed by atoms with Gasteiger partial charge in [0, 0.05) is 6.04 Å². The molecule has 86 valence electrons. The first kappa shape index (κ1) is 12.2. The normalized spacial score (nSPS) is 28.1. The summed E-state index contributed by atoms with van der Waals surface area (Å²) in [5.41, 5.74) is 5.63. The molecule has 4 N–H and O–H groups in total. The summed E-state index contributed by atoms with van der Waals surface area (Å²) in [4.78, 5) is 11.5. The van der Waals surface area contributed by atoms with Crippen LogP contribution in [-0.2, 0) is 4.79 Å². The van der Waals surface area contributed by atoms with Crippen molar-refractivity contribution in [2.45, 2.75) is 50.3 Å². The van der Waals surface area contributed by atoms with E-state index in [4.69, 9.17) is 5.73 Å². The van der Waals surface area contributed by atoms with Crippen molar-refractivity contribution in [1.82, 2.24) is 5.32 Å². The second-order valence-electron chi connectivity index (χ2n) is 4.16. The fraction of sp³-hybridized carbons (Fsp3) is 0.727. The maximum absolute atomic E-state index is 11.5. The van der Waals surface area contributed by atoms with E-state index in [1.54, 1.807) is 6.08 Å². The summed E-state index contributed by atoms with van der Waals surface area (Å²) < 4.78 is 0. The Bertz CT molecular complexity index is 231. The highest BCUT2D eigenvalue weighted by Crippen LogP contribution is 2.18. The zero-order chi connectivity index (χ0) is 11.3. The Labute approximate surface area is 90.5 Å². The van der Waals surface area contributed by atoms with Crippen LogP contribution in [0, 0.1) is 0 Å². The molecule has 0 aromatic rings. The molecule has 1 aliphatic carbocycles. The monoisotopic (exact) mass is 212 g/mol. The Morgan fingerprint density at radius 2 is 2.40 bits per heavy atom. The summed E-state index contributed by atoms with van der Waals surface area (Å²) in [5.74, 6) is -0.144. The summed E-state index contributed by atoms with van der Waals surface area (Å²) in [5, 5.41) is 12.3. The van der Waals surface area contributed by atoms with Crippen LogP contribution in [0.15, 0.2) is 12.7 Å². The molecule has 1 fully saturated rings. The standard InChI is InChI=1S/C11H20N2O2/c1-2-4-10(12)11(15)13-8-5-3-6-9(14)7-8/h2,8-10,14H,1,3-7,12H2,(H,13,15). The van der Waals surface area contributed by atoms with Gasteiger partial charge in [0.2, 0.25) is 5.91 Å². The number of hydrogen-bond acceptors (Lipinski definition) is 3. The molecule has 0 spiro atoms. The number of rotatable bonds is 4. The van der Waals surface area contributed by atoms with Gasteiger partial charge in [-0.15, -0.1) is 6.58 Å². The third-order valence-corrected chi connectivity index (χ3v) is 2.75. The van der Waals surface area contributed by atoms with E-state index in [1.165, 1.54) is 0 Å². The average molecular weight is 212 g/mol. The van der Waals surface area contributed by atoms with E-state index in [9.17, 15) is 9.90 Å². The molecule has 4 heteroatoms. The van der Waals surface area contributed by atoms with E-state index in [2.05, 4.69) is 11.9 Å². The van der Waals surface area contributed by atoms with Crippen molar-refractivity contribution in [2.75, 3.05) is 0 Å². The quantitative estimate of drug-likeness (QED) is 0.587. The van der Waals surface area contributed by atoms with Crippen molar-refractivity contribution in [3.05, 3.63) is 12.7 Å². The fourth-order valence-corrected chi connectivity index (χ4v) is 1.89. The lowest BCUT2D eigenvalue weighted by molar-refractivity contribution is -0.123. The number of aliphatic hydroxyl groups is 1. The zero-order valence-electron chi connectivity index (χ0n) is 8.98. The predicted molar refractivity (Wildman–Crippen MR) is 59.2 cm³/mol. The molecule has 0 saturated heterocycles. The van der Waals surface area contributed by atoms with E-state index in [-0.39, 0.29) is 18.1 Å². The minimum Gasteiger partial charge on any atom is -0.393 e. The highest BCUT2D eigenvalue weighted by atomic mass is 16.3. The number of hydrogen-bond donors (Lipinski definition) is 3. The van der Waals surface area contributed by atoms with E-state index >= 15 is 0 Å². The molecular weight excluding hydrogens is 192 g/mol. The Morgan fingerprint density at radius 1 is 1.67 bits per heavy atom. The number of nitrogens with one attached hydrogen (secondary N) is 1. The lowest BCUT2D eigenvalue weighted by Crippen LogP contribution is -2.47. The third kappa shape index (κ3) is 4.01. The minimum atomic E-state index is -0.512. The van der Waals surface area contributed by atoms with E-state index in [0.717, 1.165) is 19.3 Å². The summed E-state index contributed by atoms with van der Waals surface area (Å²) >= 11 is 0. The molecule has 0 aromatic heterocycles. The maximum atomic E-state index is 11.5. The molecule has 0 bridgehead atoms. The van der Waals surface area contributed by atoms with Crippen LogP contribution in [0.2, 0.25) is 0 Å². The van der Waals surface area contributed by atoms with Crippen molar-refractivity contribution < 1.29 is 9.90 Å². The number of carbonyl (C=O) groups is 1. The molecule has 15 heavy (non-hydrogen) atoms. The molecule has 3 unspecified atom stereocenters. The molecular formula is C11H20N2O2. The highest BCUT2D eigenvalue weighted by Gasteiger charge is 2.23. The Kier molecular flexibility index (Phi) is 4.78. The topological polar surface area (TPSA) is 75.4 Å². The Morgan fingerprint density at radius 3 is 3.00 bits per heavy atom. The van der Waals surface area contributed by atoms with Crippen molar-refractivity contribution in [3.8, 4) is 0 Å². The van der Waals surface area contributed by atoms with E-state index in [1.807, 2.05) is 0 Å². The first-order chi connectivity index (χ1) is 7.13. The fourth-order valence-electron chi connectivity index (χ4n) is 1.89. The second kappa shape index (κ2) is 5.88. The number of nitrogens with two attached hydrogens (primary N) is 1. The van der Waals surface area contributed by atoms with Gasteiger partial charge in [0.1, 0.15) is 0 Å². The Hall–Kier alpha value is -0.870. The van der Waals surface area contributed by atoms with Gasteiger partial charge < -0.3 is 16.2 Å². The zero-order valence-corrected chi connectivity index (χ0v) is 8.98. The molecule has 0 radical (unpaired) electrons. The number of carbonyl (C=O) groups excluding carboxylic acids is 1. The smallest absolute Gasteiger partial charge is 0.237 e. The molecule has 1 aliphatic rings. The third-order valence-electron chi connectivity index (χ3n) is 2.75. The largest absolute Gasteiger partial charge is 0.393 e. The molecule has 3 atom stereocenters. The average Bonchev–Trinajstić information content (AvgIpc) is 2.18. The van der Waals surface area contributed by atoms with Crippen molar-refractivity contribution in [1.29, 1.82) is 0 Å². The van der Waals surface area contributed by atoms with Crippen molar-refractivity contribution in [2.24, 2.45) is 5.73 Å². The summed E-state index contributed by atoms with van der Waals surface area (Å²) in [6, 6.07) is -0.432. The first-order valence-electron chi connectivity index (χ1n) is 5.48. The van der Waals surface area contributed by atoms with Crippen LogP contribution in [0.1, 0.15) is 32.1 Å². The van der Waals surface area contributed by atoms with Crippen LogP contribution in [0.4, 0.5) is 0 Å². The minimum absolute atomic E-state index is 0.0807. The number of amides is 1. The molecule has 0 aromatic carbocycles. The van der Waals surface area contributed by atoms with Gasteiger partial charge in [-0.2, -0.15) is 0 Å². The van der Waals surface area contributed by atoms with Crippen molar-refractivity contribution in [3.63, 3.8) is 0 Å². The molecule has 1 amide bonds. The van der Waals surface area contributed by atoms with Crippen LogP contribution >= 0.6 is 0 Å². The molecule has 1 rings (SSSR count). The van der Waals surface area contributed by atoms with Gasteiger partial charge in [-0.3, -0.25) is 4.79 Å². The highest BCUT2D eigenvalue weighted by molar-refractivity contribution is 5.81. The molecule has 1 saturated carbocycles. The van der Waals surface area contributed by atoms with Crippen LogP contribution < -0.4 is 11.1 Å². The molecule has 0 heterocycles. The maximum Gasteiger partial charge on any atom is 0.237 e. The second-order valence-corrected chi connectivity index (χ2v) is 4.16. The summed E-state index contributed by atoms with van der Waals surface area (Å²) in [7, 11) is 0. The number of aliphatic hydroxyl groups excluding tert-OH is 1. The van der Waals surface area contributed by atoms with Crippen LogP contribution in [0.5, 0.6) is 0 Å². The predicted octanol–water partition coefficient (Wildman–Crippen LogP) is 0.309. The molecule has 4 nitrogen and oxygen atoms in total. The summed E-state index contributed by atoms with van der Waals surface area (Å²) in [6.45, 7) is 3.54. The van der Waals surface area contributed by atoms with Crippen LogP contribution in [-0.4, -0.2) is 29.2 Å². The van der Waals surface area contributed by atoms with Crippen molar-refractivity contribution >= 4 is 5.91 Å². The van der Waals surface area contributed by atoms with E-state index < -0.39 is 6.04 Å². The lowest BCUT2D eigenvalue weighted by atomic mass is 9.93. The van der Waals surface area contributed by atoms with E-state index in [0.29, 0.717) is 12.8 Å². The van der Waals surface area contributed by atoms with Gasteiger partial charge in [0.25, 0.3) is 0 Å². The van der Waals surface area contributed by atoms with Crippen LogP contribution in [0.25, 0.3) is 0 Å². The Balaban J connectivity index is 2.33. The van der Waals surface area contributed by atoms with Gasteiger partial charge in [-0.1, -0.05) is 6.08 Å². The van der Waals surface area contributed by atoms with Gasteiger partial charge in [0.15, 0.2) is 0 Å². The van der Waals surface area contributed by atoms with Gasteiger partial charge in [-0.05, 0) is 32.1 Å². The van der Waals surface area contributed by atoms with Crippen LogP contribution in [0.3, 0.4) is 0 Å². The first-order valence-corrected chi connectivity index (χ1v) is 5.48. The van der Waals surface area contributed by atoms with Gasteiger partial charge in [0.05, 0.1) is 12.1 Å². The van der Waals surface area contributed by atoms with Gasteiger partial charge >= 0.3 is 0 Å².